The van der Waals surface area contributed by atoms with Crippen molar-refractivity contribution in [3.05, 3.63) is 37.1 Å². The van der Waals surface area contributed by atoms with Crippen LogP contribution in [0.25, 0.3) is 10.4 Å². The number of nitrogens with zero attached hydrogens (tertiary/aromatic N) is 3. The van der Waals surface area contributed by atoms with Gasteiger partial charge in [0.05, 0.1) is 4.90 Å². The maximum Gasteiger partial charge on any atom is 0.241 e. The van der Waals surface area contributed by atoms with Gasteiger partial charge >= 0.3 is 0 Å². The van der Waals surface area contributed by atoms with Crippen LogP contribution in [0.4, 0.5) is 0 Å². The Balaban J connectivity index is 2.98. The van der Waals surface area contributed by atoms with Crippen molar-refractivity contribution in [1.29, 1.82) is 0 Å². The van der Waals surface area contributed by atoms with E-state index in [1.165, 1.54) is 6.07 Å². The van der Waals surface area contributed by atoms with Gasteiger partial charge in [0.25, 0.3) is 0 Å². The molecule has 1 N–H and O–H groups in total. The summed E-state index contributed by atoms with van der Waals surface area (Å²) in [7, 11) is -3.62. The second kappa shape index (κ2) is 6.53. The molecule has 1 rings (SSSR count). The van der Waals surface area contributed by atoms with Gasteiger partial charge in [-0.05, 0) is 46.1 Å². The predicted octanol–water partition coefficient (Wildman–Crippen LogP) is 3.11. The lowest BCUT2D eigenvalue weighted by atomic mass is 10.2. The summed E-state index contributed by atoms with van der Waals surface area (Å²) in [4.78, 5) is 2.68. The molecule has 0 fully saturated rings. The number of aryl methyl sites for hydroxylation is 1. The number of sulfonamides is 1. The van der Waals surface area contributed by atoms with E-state index in [-0.39, 0.29) is 18.0 Å². The fourth-order valence-electron chi connectivity index (χ4n) is 1.19. The van der Waals surface area contributed by atoms with Crippen molar-refractivity contribution in [2.75, 3.05) is 13.1 Å². The van der Waals surface area contributed by atoms with Gasteiger partial charge in [-0.1, -0.05) is 21.0 Å². The maximum absolute atomic E-state index is 12.0. The summed E-state index contributed by atoms with van der Waals surface area (Å²) in [5.41, 5.74) is 9.02. The normalized spacial score (nSPS) is 11.1. The Kier molecular flexibility index (Phi) is 5.61. The maximum atomic E-state index is 12.0. The minimum atomic E-state index is -3.62. The van der Waals surface area contributed by atoms with Crippen LogP contribution in [0.2, 0.25) is 0 Å². The number of halogens is 2. The van der Waals surface area contributed by atoms with E-state index in [1.54, 1.807) is 6.07 Å². The first-order valence-electron chi connectivity index (χ1n) is 4.84. The topological polar surface area (TPSA) is 94.9 Å². The Morgan fingerprint density at radius 1 is 1.39 bits per heavy atom. The molecule has 0 aliphatic carbocycles. The molecule has 0 unspecified atom stereocenters. The Labute approximate surface area is 122 Å². The van der Waals surface area contributed by atoms with Crippen molar-refractivity contribution < 1.29 is 8.42 Å². The zero-order chi connectivity index (χ0) is 13.8. The molecule has 1 aromatic carbocycles. The molecule has 0 radical (unpaired) electrons. The van der Waals surface area contributed by atoms with Crippen LogP contribution >= 0.6 is 31.9 Å². The minimum Gasteiger partial charge on any atom is -0.211 e. The summed E-state index contributed by atoms with van der Waals surface area (Å²) in [6, 6.07) is 3.24. The molecule has 0 aliphatic heterocycles. The average molecular weight is 398 g/mol. The number of rotatable bonds is 5. The van der Waals surface area contributed by atoms with E-state index in [9.17, 15) is 8.42 Å². The van der Waals surface area contributed by atoms with Gasteiger partial charge in [-0.15, -0.1) is 0 Å². The molecule has 0 spiro atoms. The molecule has 0 saturated heterocycles. The molecular formula is C9H10Br2N4O2S. The van der Waals surface area contributed by atoms with Crippen molar-refractivity contribution >= 4 is 41.9 Å². The molecule has 9 heteroatoms. The third kappa shape index (κ3) is 3.96. The smallest absolute Gasteiger partial charge is 0.211 e. The number of hydrogen-bond donors (Lipinski definition) is 1. The monoisotopic (exact) mass is 396 g/mol. The van der Waals surface area contributed by atoms with E-state index in [1.807, 2.05) is 6.92 Å². The highest BCUT2D eigenvalue weighted by Crippen LogP contribution is 2.28. The zero-order valence-electron chi connectivity index (χ0n) is 9.39. The number of benzene rings is 1. The second-order valence-corrected chi connectivity index (χ2v) is 6.83. The largest absolute Gasteiger partial charge is 0.241 e. The summed E-state index contributed by atoms with van der Waals surface area (Å²) in [6.45, 7) is 1.99. The van der Waals surface area contributed by atoms with Crippen molar-refractivity contribution in [3.8, 4) is 0 Å². The van der Waals surface area contributed by atoms with E-state index in [4.69, 9.17) is 5.53 Å². The minimum absolute atomic E-state index is 0.0599. The molecular weight excluding hydrogens is 388 g/mol. The first-order valence-corrected chi connectivity index (χ1v) is 7.91. The van der Waals surface area contributed by atoms with Gasteiger partial charge in [0.2, 0.25) is 10.0 Å². The van der Waals surface area contributed by atoms with Crippen LogP contribution < -0.4 is 4.72 Å². The van der Waals surface area contributed by atoms with Crippen molar-refractivity contribution in [3.63, 3.8) is 0 Å². The van der Waals surface area contributed by atoms with Gasteiger partial charge in [0, 0.05) is 26.9 Å². The molecule has 0 aliphatic rings. The predicted molar refractivity (Wildman–Crippen MR) is 75.8 cm³/mol. The number of azide groups is 1. The van der Waals surface area contributed by atoms with E-state index in [0.29, 0.717) is 8.95 Å². The van der Waals surface area contributed by atoms with E-state index >= 15 is 0 Å². The fraction of sp³-hybridized carbons (Fsp3) is 0.333. The summed E-state index contributed by atoms with van der Waals surface area (Å²) in [6.07, 6.45) is 0. The van der Waals surface area contributed by atoms with Crippen LogP contribution in [-0.4, -0.2) is 21.5 Å². The fourth-order valence-corrected chi connectivity index (χ4v) is 3.88. The first kappa shape index (κ1) is 15.5. The highest BCUT2D eigenvalue weighted by Gasteiger charge is 2.18. The molecule has 18 heavy (non-hydrogen) atoms. The van der Waals surface area contributed by atoms with Gasteiger partial charge in [-0.2, -0.15) is 0 Å². The molecule has 0 aromatic heterocycles. The van der Waals surface area contributed by atoms with Crippen LogP contribution in [0.15, 0.2) is 31.1 Å². The summed E-state index contributed by atoms with van der Waals surface area (Å²) in [5.74, 6) is 0. The third-order valence-corrected chi connectivity index (χ3v) is 5.34. The molecule has 0 amide bonds. The summed E-state index contributed by atoms with van der Waals surface area (Å²) >= 11 is 6.50. The number of nitrogens with one attached hydrogen (secondary N) is 1. The Morgan fingerprint density at radius 3 is 2.67 bits per heavy atom. The van der Waals surface area contributed by atoms with Gasteiger partial charge in [-0.25, -0.2) is 13.1 Å². The molecule has 0 saturated carbocycles. The van der Waals surface area contributed by atoms with Crippen molar-refractivity contribution in [1.82, 2.24) is 4.72 Å². The van der Waals surface area contributed by atoms with Gasteiger partial charge in [0.1, 0.15) is 0 Å². The Hall–Kier alpha value is -0.600. The molecule has 0 atom stereocenters. The Morgan fingerprint density at radius 2 is 2.06 bits per heavy atom. The lowest BCUT2D eigenvalue weighted by molar-refractivity contribution is 0.581. The summed E-state index contributed by atoms with van der Waals surface area (Å²) < 4.78 is 27.5. The van der Waals surface area contributed by atoms with Crippen LogP contribution in [0.1, 0.15) is 5.56 Å². The lowest BCUT2D eigenvalue weighted by Gasteiger charge is -2.09. The molecule has 98 valence electrons. The van der Waals surface area contributed by atoms with E-state index in [2.05, 4.69) is 46.6 Å². The third-order valence-electron chi connectivity index (χ3n) is 2.07. The van der Waals surface area contributed by atoms with E-state index in [0.717, 1.165) is 5.56 Å². The molecule has 0 bridgehead atoms. The molecule has 1 aromatic rings. The highest BCUT2D eigenvalue weighted by atomic mass is 79.9. The average Bonchev–Trinajstić information content (AvgIpc) is 2.29. The highest BCUT2D eigenvalue weighted by molar-refractivity contribution is 9.11. The van der Waals surface area contributed by atoms with E-state index < -0.39 is 10.0 Å². The van der Waals surface area contributed by atoms with Crippen LogP contribution in [0, 0.1) is 6.92 Å². The standard InChI is InChI=1S/C9H10Br2N4O2S/c1-6-4-8(11)9(5-7(6)10)18(16,17)14-3-2-13-15-12/h4-5,14H,2-3H2,1H3. The number of hydrogen-bond acceptors (Lipinski definition) is 3. The first-order chi connectivity index (χ1) is 8.38. The van der Waals surface area contributed by atoms with Crippen molar-refractivity contribution in [2.45, 2.75) is 11.8 Å². The molecule has 0 heterocycles. The Bertz CT molecular complexity index is 597. The van der Waals surface area contributed by atoms with Crippen LogP contribution in [0.3, 0.4) is 0 Å². The van der Waals surface area contributed by atoms with Gasteiger partial charge in [0.15, 0.2) is 0 Å². The quantitative estimate of drug-likeness (QED) is 0.357. The van der Waals surface area contributed by atoms with Gasteiger partial charge < -0.3 is 0 Å². The molecule has 6 nitrogen and oxygen atoms in total. The lowest BCUT2D eigenvalue weighted by Crippen LogP contribution is -2.26. The van der Waals surface area contributed by atoms with Crippen LogP contribution in [0.5, 0.6) is 0 Å². The SMILES string of the molecule is Cc1cc(Br)c(S(=O)(=O)NCCN=[N+]=[N-])cc1Br. The summed E-state index contributed by atoms with van der Waals surface area (Å²) in [5, 5.41) is 3.26. The van der Waals surface area contributed by atoms with Gasteiger partial charge in [-0.3, -0.25) is 0 Å². The van der Waals surface area contributed by atoms with Crippen LogP contribution in [-0.2, 0) is 10.0 Å². The van der Waals surface area contributed by atoms with Crippen molar-refractivity contribution in [2.24, 2.45) is 5.11 Å². The second-order valence-electron chi connectivity index (χ2n) is 3.38. The zero-order valence-corrected chi connectivity index (χ0v) is 13.4.